The summed E-state index contributed by atoms with van der Waals surface area (Å²) in [5.74, 6) is 0.668. The lowest BCUT2D eigenvalue weighted by Crippen LogP contribution is -2.21. The third-order valence-electron chi connectivity index (χ3n) is 4.29. The molecule has 4 rings (SSSR count). The van der Waals surface area contributed by atoms with Gasteiger partial charge in [-0.2, -0.15) is 0 Å². The normalized spacial score (nSPS) is 14.0. The molecule has 1 aliphatic heterocycles. The zero-order valence-electron chi connectivity index (χ0n) is 13.0. The van der Waals surface area contributed by atoms with Crippen molar-refractivity contribution in [1.82, 2.24) is 5.32 Å². The summed E-state index contributed by atoms with van der Waals surface area (Å²) in [6, 6.07) is 11.6. The molecule has 3 aromatic rings. The smallest absolute Gasteiger partial charge is 0.128 e. The highest BCUT2D eigenvalue weighted by Crippen LogP contribution is 2.30. The Hall–Kier alpha value is -1.72. The summed E-state index contributed by atoms with van der Waals surface area (Å²) in [4.78, 5) is 4.45. The second kappa shape index (κ2) is 6.65. The van der Waals surface area contributed by atoms with E-state index in [9.17, 15) is 4.39 Å². The van der Waals surface area contributed by atoms with E-state index in [4.69, 9.17) is 0 Å². The molecule has 1 N–H and O–H groups in total. The van der Waals surface area contributed by atoms with Crippen LogP contribution >= 0.6 is 27.3 Å². The van der Waals surface area contributed by atoms with Crippen LogP contribution in [0.15, 0.2) is 51.2 Å². The Balaban J connectivity index is 1.67. The fourth-order valence-electron chi connectivity index (χ4n) is 3.17. The summed E-state index contributed by atoms with van der Waals surface area (Å²) in [5, 5.41) is 6.59. The number of nitrogens with zero attached hydrogens (tertiary/aromatic N) is 1. The molecule has 0 radical (unpaired) electrons. The number of fused-ring (bicyclic) bond motifs is 1. The van der Waals surface area contributed by atoms with Crippen LogP contribution in [0, 0.1) is 5.82 Å². The van der Waals surface area contributed by atoms with Gasteiger partial charge in [-0.05, 0) is 59.0 Å². The van der Waals surface area contributed by atoms with Crippen molar-refractivity contribution in [3.63, 3.8) is 0 Å². The Morgan fingerprint density at radius 1 is 1.21 bits per heavy atom. The lowest BCUT2D eigenvalue weighted by atomic mass is 9.98. The topological polar surface area (TPSA) is 24.4 Å². The number of aliphatic imine (C=N–C) groups is 1. The van der Waals surface area contributed by atoms with E-state index in [1.54, 1.807) is 17.4 Å². The molecule has 0 atom stereocenters. The minimum absolute atomic E-state index is 0.152. The molecule has 0 bridgehead atoms. The molecule has 0 aliphatic carbocycles. The van der Waals surface area contributed by atoms with Gasteiger partial charge in [0.25, 0.3) is 0 Å². The minimum Gasteiger partial charge on any atom is -0.368 e. The second-order valence-electron chi connectivity index (χ2n) is 5.83. The van der Waals surface area contributed by atoms with Crippen molar-refractivity contribution < 1.29 is 4.39 Å². The fourth-order valence-corrected chi connectivity index (χ4v) is 4.62. The first kappa shape index (κ1) is 15.8. The molecule has 0 amide bonds. The average molecular weight is 403 g/mol. The maximum absolute atomic E-state index is 14.5. The largest absolute Gasteiger partial charge is 0.368 e. The van der Waals surface area contributed by atoms with Gasteiger partial charge in [0.2, 0.25) is 0 Å². The van der Waals surface area contributed by atoms with Crippen molar-refractivity contribution in [1.29, 1.82) is 0 Å². The zero-order chi connectivity index (χ0) is 16.5. The molecule has 1 aromatic heterocycles. The van der Waals surface area contributed by atoms with Gasteiger partial charge in [-0.15, -0.1) is 11.3 Å². The molecular weight excluding hydrogens is 387 g/mol. The number of hydrogen-bond acceptors (Lipinski definition) is 3. The third-order valence-corrected chi connectivity index (χ3v) is 5.75. The molecule has 24 heavy (non-hydrogen) atoms. The van der Waals surface area contributed by atoms with Crippen LogP contribution in [0.4, 0.5) is 4.39 Å². The van der Waals surface area contributed by atoms with E-state index in [0.29, 0.717) is 6.42 Å². The highest BCUT2D eigenvalue weighted by atomic mass is 79.9. The second-order valence-corrected chi connectivity index (χ2v) is 7.66. The molecule has 1 aliphatic rings. The number of halogens is 2. The number of aryl methyl sites for hydroxylation is 1. The van der Waals surface area contributed by atoms with Crippen molar-refractivity contribution in [3.05, 3.63) is 68.8 Å². The summed E-state index contributed by atoms with van der Waals surface area (Å²) >= 11 is 5.32. The van der Waals surface area contributed by atoms with Gasteiger partial charge in [-0.1, -0.05) is 28.1 Å². The Kier molecular flexibility index (Phi) is 4.37. The molecule has 0 spiro atoms. The van der Waals surface area contributed by atoms with Crippen LogP contribution in [0.1, 0.15) is 16.7 Å². The SMILES string of the molecule is Fc1cccc(C2=NCCN2)c1CCc1cc(Br)cc2ccsc12. The van der Waals surface area contributed by atoms with Gasteiger partial charge in [0, 0.05) is 21.3 Å². The predicted molar refractivity (Wildman–Crippen MR) is 103 cm³/mol. The lowest BCUT2D eigenvalue weighted by Gasteiger charge is -2.12. The van der Waals surface area contributed by atoms with Crippen molar-refractivity contribution in [2.45, 2.75) is 12.8 Å². The lowest BCUT2D eigenvalue weighted by molar-refractivity contribution is 0.608. The first-order valence-corrected chi connectivity index (χ1v) is 9.61. The van der Waals surface area contributed by atoms with E-state index < -0.39 is 0 Å². The Morgan fingerprint density at radius 3 is 2.96 bits per heavy atom. The molecule has 2 aromatic carbocycles. The van der Waals surface area contributed by atoms with Crippen molar-refractivity contribution in [2.75, 3.05) is 13.1 Å². The monoisotopic (exact) mass is 402 g/mol. The van der Waals surface area contributed by atoms with E-state index in [1.165, 1.54) is 21.7 Å². The Labute approximate surface area is 152 Å². The third kappa shape index (κ3) is 2.98. The molecule has 0 unspecified atom stereocenters. The van der Waals surface area contributed by atoms with Gasteiger partial charge in [-0.3, -0.25) is 4.99 Å². The van der Waals surface area contributed by atoms with Gasteiger partial charge < -0.3 is 5.32 Å². The van der Waals surface area contributed by atoms with Crippen LogP contribution in [-0.2, 0) is 12.8 Å². The standard InChI is InChI=1S/C19H16BrFN2S/c20-14-10-12(18-13(11-14)6-9-24-18)4-5-15-16(2-1-3-17(15)21)19-22-7-8-23-19/h1-3,6,9-11H,4-5,7-8H2,(H,22,23). The first-order valence-electron chi connectivity index (χ1n) is 7.94. The van der Waals surface area contributed by atoms with E-state index in [0.717, 1.165) is 40.9 Å². The van der Waals surface area contributed by atoms with E-state index >= 15 is 0 Å². The summed E-state index contributed by atoms with van der Waals surface area (Å²) in [6.07, 6.45) is 1.46. The van der Waals surface area contributed by atoms with Crippen LogP contribution in [0.3, 0.4) is 0 Å². The number of rotatable bonds is 4. The van der Waals surface area contributed by atoms with Crippen LogP contribution in [0.25, 0.3) is 10.1 Å². The van der Waals surface area contributed by atoms with Crippen LogP contribution in [-0.4, -0.2) is 18.9 Å². The van der Waals surface area contributed by atoms with Gasteiger partial charge in [0.05, 0.1) is 6.54 Å². The Bertz CT molecular complexity index is 932. The summed E-state index contributed by atoms with van der Waals surface area (Å²) in [6.45, 7) is 1.58. The quantitative estimate of drug-likeness (QED) is 0.656. The number of amidine groups is 1. The summed E-state index contributed by atoms with van der Waals surface area (Å²) < 4.78 is 16.8. The van der Waals surface area contributed by atoms with Crippen LogP contribution < -0.4 is 5.32 Å². The molecule has 2 nitrogen and oxygen atoms in total. The van der Waals surface area contributed by atoms with E-state index in [2.05, 4.69) is 49.8 Å². The average Bonchev–Trinajstić information content (AvgIpc) is 3.24. The fraction of sp³-hybridized carbons (Fsp3) is 0.211. The van der Waals surface area contributed by atoms with Crippen molar-refractivity contribution in [2.24, 2.45) is 4.99 Å². The number of nitrogens with one attached hydrogen (secondary N) is 1. The summed E-state index contributed by atoms with van der Waals surface area (Å²) in [5.41, 5.74) is 2.89. The predicted octanol–water partition coefficient (Wildman–Crippen LogP) is 4.94. The molecule has 2 heterocycles. The number of hydrogen-bond donors (Lipinski definition) is 1. The maximum atomic E-state index is 14.5. The zero-order valence-corrected chi connectivity index (χ0v) is 15.4. The molecule has 0 fully saturated rings. The maximum Gasteiger partial charge on any atom is 0.128 e. The Morgan fingerprint density at radius 2 is 2.12 bits per heavy atom. The van der Waals surface area contributed by atoms with Crippen molar-refractivity contribution >= 4 is 43.2 Å². The van der Waals surface area contributed by atoms with Crippen molar-refractivity contribution in [3.8, 4) is 0 Å². The van der Waals surface area contributed by atoms with Gasteiger partial charge in [0.1, 0.15) is 11.7 Å². The van der Waals surface area contributed by atoms with E-state index in [1.807, 2.05) is 6.07 Å². The first-order chi connectivity index (χ1) is 11.7. The molecular formula is C19H16BrFN2S. The molecule has 122 valence electrons. The molecule has 5 heteroatoms. The van der Waals surface area contributed by atoms with Crippen LogP contribution in [0.2, 0.25) is 0 Å². The van der Waals surface area contributed by atoms with Crippen LogP contribution in [0.5, 0.6) is 0 Å². The van der Waals surface area contributed by atoms with Gasteiger partial charge in [-0.25, -0.2) is 4.39 Å². The van der Waals surface area contributed by atoms with Gasteiger partial charge >= 0.3 is 0 Å². The van der Waals surface area contributed by atoms with E-state index in [-0.39, 0.29) is 5.82 Å². The van der Waals surface area contributed by atoms with Gasteiger partial charge in [0.15, 0.2) is 0 Å². The summed E-state index contributed by atoms with van der Waals surface area (Å²) in [7, 11) is 0. The minimum atomic E-state index is -0.152. The highest BCUT2D eigenvalue weighted by molar-refractivity contribution is 9.10. The number of benzene rings is 2. The number of thiophene rings is 1. The highest BCUT2D eigenvalue weighted by Gasteiger charge is 2.16. The molecule has 0 saturated heterocycles. The molecule has 0 saturated carbocycles.